The summed E-state index contributed by atoms with van der Waals surface area (Å²) in [5.41, 5.74) is 1.11. The molecule has 9 heteroatoms. The highest BCUT2D eigenvalue weighted by Gasteiger charge is 2.39. The number of hydrogen-bond acceptors (Lipinski definition) is 6. The van der Waals surface area contributed by atoms with E-state index in [1.807, 2.05) is 13.8 Å². The highest BCUT2D eigenvalue weighted by Crippen LogP contribution is 2.31. The fourth-order valence-electron chi connectivity index (χ4n) is 5.31. The van der Waals surface area contributed by atoms with Crippen molar-refractivity contribution in [2.45, 2.75) is 116 Å². The fraction of sp³-hybridized carbons (Fsp3) is 0.545. The third-order valence-electron chi connectivity index (χ3n) is 7.70. The van der Waals surface area contributed by atoms with Crippen LogP contribution in [0.5, 0.6) is 11.5 Å². The van der Waals surface area contributed by atoms with Crippen LogP contribution in [0.4, 0.5) is 4.79 Å². The van der Waals surface area contributed by atoms with E-state index in [4.69, 9.17) is 4.74 Å². The second kappa shape index (κ2) is 14.4. The monoisotopic (exact) mass is 581 g/mol. The van der Waals surface area contributed by atoms with Gasteiger partial charge in [0.25, 0.3) is 0 Å². The van der Waals surface area contributed by atoms with Crippen LogP contribution in [0.3, 0.4) is 0 Å². The second-order valence-electron chi connectivity index (χ2n) is 12.4. The van der Waals surface area contributed by atoms with E-state index in [1.54, 1.807) is 56.9 Å². The van der Waals surface area contributed by atoms with Crippen molar-refractivity contribution in [3.63, 3.8) is 0 Å². The van der Waals surface area contributed by atoms with Gasteiger partial charge in [-0.1, -0.05) is 44.4 Å². The third-order valence-corrected chi connectivity index (χ3v) is 7.70. The number of nitrogens with one attached hydrogen (secondary N) is 2. The lowest BCUT2D eigenvalue weighted by atomic mass is 9.93. The molecule has 0 radical (unpaired) electrons. The maximum absolute atomic E-state index is 14.6. The number of alkyl carbamates (subject to hydrolysis) is 1. The summed E-state index contributed by atoms with van der Waals surface area (Å²) in [5, 5.41) is 26.0. The lowest BCUT2D eigenvalue weighted by Gasteiger charge is -2.39. The highest BCUT2D eigenvalue weighted by atomic mass is 16.6. The van der Waals surface area contributed by atoms with Crippen molar-refractivity contribution in [3.8, 4) is 11.5 Å². The molecule has 0 aliphatic heterocycles. The van der Waals surface area contributed by atoms with Gasteiger partial charge in [-0.3, -0.25) is 9.59 Å². The van der Waals surface area contributed by atoms with Crippen LogP contribution in [-0.2, 0) is 20.7 Å². The maximum atomic E-state index is 14.6. The van der Waals surface area contributed by atoms with Gasteiger partial charge in [0.15, 0.2) is 0 Å². The Balaban J connectivity index is 2.06. The number of phenolic OH excluding ortho intramolecular Hbond substituents is 2. The van der Waals surface area contributed by atoms with Gasteiger partial charge in [0.1, 0.15) is 29.2 Å². The number of aromatic hydroxyl groups is 2. The summed E-state index contributed by atoms with van der Waals surface area (Å²) >= 11 is 0. The zero-order valence-corrected chi connectivity index (χ0v) is 25.8. The van der Waals surface area contributed by atoms with Gasteiger partial charge in [-0.2, -0.15) is 0 Å². The number of rotatable bonds is 10. The van der Waals surface area contributed by atoms with E-state index >= 15 is 0 Å². The molecule has 1 aliphatic carbocycles. The van der Waals surface area contributed by atoms with Crippen LogP contribution in [0.1, 0.15) is 95.9 Å². The van der Waals surface area contributed by atoms with Gasteiger partial charge in [0.2, 0.25) is 11.8 Å². The van der Waals surface area contributed by atoms with Gasteiger partial charge in [0, 0.05) is 18.5 Å². The number of carbonyl (C=O) groups excluding carboxylic acids is 3. The Morgan fingerprint density at radius 3 is 2.24 bits per heavy atom. The zero-order valence-electron chi connectivity index (χ0n) is 25.8. The molecule has 0 aromatic heterocycles. The summed E-state index contributed by atoms with van der Waals surface area (Å²) in [4.78, 5) is 43.2. The normalized spacial score (nSPS) is 16.1. The molecule has 9 nitrogen and oxygen atoms in total. The molecule has 3 rings (SSSR count). The number of ether oxygens (including phenoxy) is 1. The number of carbonyl (C=O) groups is 3. The molecule has 0 bridgehead atoms. The van der Waals surface area contributed by atoms with Crippen LogP contribution < -0.4 is 10.6 Å². The number of phenols is 2. The number of benzene rings is 2. The lowest BCUT2D eigenvalue weighted by molar-refractivity contribution is -0.145. The largest absolute Gasteiger partial charge is 0.508 e. The summed E-state index contributed by atoms with van der Waals surface area (Å²) in [6.45, 7) is 10.8. The Bertz CT molecular complexity index is 1220. The van der Waals surface area contributed by atoms with E-state index in [-0.39, 0.29) is 35.9 Å². The smallest absolute Gasteiger partial charge is 0.408 e. The van der Waals surface area contributed by atoms with Crippen LogP contribution in [0.25, 0.3) is 0 Å². The standard InChI is InChI=1S/C33H47N3O6/c1-7-22(3)36(29(24-15-18-28(38)21(2)19-24)30(39)34-25-11-9-8-10-12-25)31(40)27(35-32(41)42-33(4,5)6)20-23-13-16-26(37)17-14-23/h13-19,22,25,27,29,37-38H,7-12,20H2,1-6H3,(H,34,39)(H,35,41). The van der Waals surface area contributed by atoms with Gasteiger partial charge in [-0.25, -0.2) is 4.79 Å². The van der Waals surface area contributed by atoms with Crippen LogP contribution in [-0.4, -0.2) is 56.7 Å². The van der Waals surface area contributed by atoms with Crippen molar-refractivity contribution < 1.29 is 29.3 Å². The molecular formula is C33H47N3O6. The van der Waals surface area contributed by atoms with Crippen molar-refractivity contribution in [2.24, 2.45) is 0 Å². The Hall–Kier alpha value is -3.75. The van der Waals surface area contributed by atoms with Crippen molar-refractivity contribution >= 4 is 17.9 Å². The SMILES string of the molecule is CCC(C)N(C(=O)C(Cc1ccc(O)cc1)NC(=O)OC(C)(C)C)C(C(=O)NC1CCCCC1)c1ccc(O)c(C)c1. The first-order valence-corrected chi connectivity index (χ1v) is 15.0. The van der Waals surface area contributed by atoms with Crippen molar-refractivity contribution in [1.82, 2.24) is 15.5 Å². The Morgan fingerprint density at radius 2 is 1.67 bits per heavy atom. The molecule has 3 atom stereocenters. The molecule has 2 aromatic carbocycles. The van der Waals surface area contributed by atoms with E-state index in [9.17, 15) is 24.6 Å². The number of aryl methyl sites for hydroxylation is 1. The first-order valence-electron chi connectivity index (χ1n) is 15.0. The Kier molecular flexibility index (Phi) is 11.3. The van der Waals surface area contributed by atoms with E-state index in [1.165, 1.54) is 18.2 Å². The molecule has 4 N–H and O–H groups in total. The fourth-order valence-corrected chi connectivity index (χ4v) is 5.31. The van der Waals surface area contributed by atoms with Gasteiger partial charge in [-0.05, 0) is 94.8 Å². The van der Waals surface area contributed by atoms with E-state index < -0.39 is 29.7 Å². The van der Waals surface area contributed by atoms with Gasteiger partial charge in [0.05, 0.1) is 0 Å². The van der Waals surface area contributed by atoms with Crippen LogP contribution >= 0.6 is 0 Å². The minimum absolute atomic E-state index is 0.0218. The molecule has 1 saturated carbocycles. The number of nitrogens with zero attached hydrogens (tertiary/aromatic N) is 1. The summed E-state index contributed by atoms with van der Waals surface area (Å²) in [5.74, 6) is -0.535. The average Bonchev–Trinajstić information content (AvgIpc) is 2.92. The molecule has 3 amide bonds. The zero-order chi connectivity index (χ0) is 31.0. The number of amides is 3. The van der Waals surface area contributed by atoms with Crippen molar-refractivity contribution in [2.75, 3.05) is 0 Å². The molecule has 0 spiro atoms. The molecule has 230 valence electrons. The lowest BCUT2D eigenvalue weighted by Crippen LogP contribution is -2.56. The molecule has 42 heavy (non-hydrogen) atoms. The van der Waals surface area contributed by atoms with E-state index in [0.717, 1.165) is 37.7 Å². The Labute approximate surface area is 249 Å². The summed E-state index contributed by atoms with van der Waals surface area (Å²) in [7, 11) is 0. The first-order chi connectivity index (χ1) is 19.8. The van der Waals surface area contributed by atoms with E-state index in [0.29, 0.717) is 17.5 Å². The molecule has 1 fully saturated rings. The summed E-state index contributed by atoms with van der Waals surface area (Å²) in [6, 6.07) is 8.99. The quantitative estimate of drug-likeness (QED) is 0.287. The second-order valence-corrected chi connectivity index (χ2v) is 12.4. The van der Waals surface area contributed by atoms with Crippen molar-refractivity contribution in [1.29, 1.82) is 0 Å². The molecule has 2 aromatic rings. The topological polar surface area (TPSA) is 128 Å². The first kappa shape index (κ1) is 32.8. The predicted molar refractivity (Wildman–Crippen MR) is 162 cm³/mol. The minimum atomic E-state index is -1.05. The summed E-state index contributed by atoms with van der Waals surface area (Å²) in [6.07, 6.45) is 4.92. The predicted octanol–water partition coefficient (Wildman–Crippen LogP) is 5.66. The molecule has 0 saturated heterocycles. The average molecular weight is 582 g/mol. The van der Waals surface area contributed by atoms with E-state index in [2.05, 4.69) is 10.6 Å². The summed E-state index contributed by atoms with van der Waals surface area (Å²) < 4.78 is 5.50. The maximum Gasteiger partial charge on any atom is 0.408 e. The van der Waals surface area contributed by atoms with Crippen molar-refractivity contribution in [3.05, 3.63) is 59.2 Å². The van der Waals surface area contributed by atoms with Gasteiger partial charge < -0.3 is 30.5 Å². The van der Waals surface area contributed by atoms with Gasteiger partial charge in [-0.15, -0.1) is 0 Å². The number of hydrogen-bond donors (Lipinski definition) is 4. The Morgan fingerprint density at radius 1 is 1.02 bits per heavy atom. The van der Waals surface area contributed by atoms with Crippen LogP contribution in [0, 0.1) is 6.92 Å². The molecule has 1 aliphatic rings. The third kappa shape index (κ3) is 9.13. The van der Waals surface area contributed by atoms with Gasteiger partial charge >= 0.3 is 6.09 Å². The molecule has 3 unspecified atom stereocenters. The highest BCUT2D eigenvalue weighted by molar-refractivity contribution is 5.92. The molecule has 0 heterocycles. The van der Waals surface area contributed by atoms with Crippen LogP contribution in [0.15, 0.2) is 42.5 Å². The minimum Gasteiger partial charge on any atom is -0.508 e. The van der Waals surface area contributed by atoms with Crippen LogP contribution in [0.2, 0.25) is 0 Å². The molecular weight excluding hydrogens is 534 g/mol.